The Kier molecular flexibility index (Phi) is 3.22. The normalized spacial score (nSPS) is 27.0. The zero-order valence-corrected chi connectivity index (χ0v) is 8.33. The molecule has 1 N–H and O–H groups in total. The first-order valence-electron chi connectivity index (χ1n) is 4.03. The van der Waals surface area contributed by atoms with Crippen LogP contribution < -0.4 is 5.32 Å². The van der Waals surface area contributed by atoms with E-state index in [0.717, 1.165) is 19.8 Å². The summed E-state index contributed by atoms with van der Waals surface area (Å²) in [5, 5.41) is 3.46. The van der Waals surface area contributed by atoms with Gasteiger partial charge in [-0.15, -0.1) is 0 Å². The van der Waals surface area contributed by atoms with Gasteiger partial charge < -0.3 is 10.1 Å². The maximum Gasteiger partial charge on any atom is 0.0633 e. The van der Waals surface area contributed by atoms with Crippen molar-refractivity contribution in [3.05, 3.63) is 0 Å². The van der Waals surface area contributed by atoms with Crippen molar-refractivity contribution in [1.29, 1.82) is 0 Å². The number of morpholine rings is 1. The molecule has 1 aliphatic rings. The highest BCUT2D eigenvalue weighted by atomic mass is 32.2. The molecule has 3 heteroatoms. The van der Waals surface area contributed by atoms with E-state index in [1.807, 2.05) is 11.8 Å². The Balaban J connectivity index is 2.43. The minimum Gasteiger partial charge on any atom is -0.378 e. The Labute approximate surface area is 73.1 Å². The molecule has 1 heterocycles. The minimum atomic E-state index is 0.292. The van der Waals surface area contributed by atoms with E-state index >= 15 is 0 Å². The van der Waals surface area contributed by atoms with Crippen molar-refractivity contribution in [1.82, 2.24) is 5.32 Å². The molecule has 1 rings (SSSR count). The van der Waals surface area contributed by atoms with E-state index in [0.29, 0.717) is 10.8 Å². The first-order chi connectivity index (χ1) is 5.17. The van der Waals surface area contributed by atoms with E-state index in [4.69, 9.17) is 4.74 Å². The molecule has 2 nitrogen and oxygen atoms in total. The third-order valence-electron chi connectivity index (χ3n) is 2.29. The number of ether oxygens (including phenoxy) is 1. The largest absolute Gasteiger partial charge is 0.378 e. The fourth-order valence-electron chi connectivity index (χ4n) is 1.15. The molecule has 1 saturated heterocycles. The molecular formula is C8H17NOS. The van der Waals surface area contributed by atoms with Crippen LogP contribution in [0.4, 0.5) is 0 Å². The molecule has 1 aliphatic heterocycles. The van der Waals surface area contributed by atoms with E-state index in [1.54, 1.807) is 0 Å². The van der Waals surface area contributed by atoms with Crippen LogP contribution in [0.3, 0.4) is 0 Å². The van der Waals surface area contributed by atoms with E-state index in [-0.39, 0.29) is 0 Å². The molecular weight excluding hydrogens is 158 g/mol. The maximum atomic E-state index is 5.39. The van der Waals surface area contributed by atoms with E-state index in [2.05, 4.69) is 25.4 Å². The first-order valence-corrected chi connectivity index (χ1v) is 5.25. The van der Waals surface area contributed by atoms with Gasteiger partial charge in [0.15, 0.2) is 0 Å². The van der Waals surface area contributed by atoms with E-state index < -0.39 is 0 Å². The summed E-state index contributed by atoms with van der Waals surface area (Å²) in [6.45, 7) is 7.22. The highest BCUT2D eigenvalue weighted by molar-refractivity contribution is 8.00. The van der Waals surface area contributed by atoms with Crippen LogP contribution in [0.1, 0.15) is 13.8 Å². The number of thioether (sulfide) groups is 1. The second-order valence-electron chi connectivity index (χ2n) is 3.39. The lowest BCUT2D eigenvalue weighted by Crippen LogP contribution is -2.52. The molecule has 0 aromatic carbocycles. The molecule has 11 heavy (non-hydrogen) atoms. The molecule has 1 atom stereocenters. The van der Waals surface area contributed by atoms with Gasteiger partial charge in [-0.05, 0) is 20.1 Å². The molecule has 0 aromatic heterocycles. The number of rotatable bonds is 2. The molecule has 1 fully saturated rings. The summed E-state index contributed by atoms with van der Waals surface area (Å²) < 4.78 is 5.69. The van der Waals surface area contributed by atoms with Gasteiger partial charge in [0.25, 0.3) is 0 Å². The van der Waals surface area contributed by atoms with Crippen LogP contribution in [0.5, 0.6) is 0 Å². The van der Waals surface area contributed by atoms with Crippen molar-refractivity contribution >= 4 is 11.8 Å². The van der Waals surface area contributed by atoms with Gasteiger partial charge in [0, 0.05) is 17.3 Å². The van der Waals surface area contributed by atoms with Crippen LogP contribution in [0, 0.1) is 0 Å². The third kappa shape index (κ3) is 2.36. The number of nitrogens with one attached hydrogen (secondary N) is 1. The lowest BCUT2D eigenvalue weighted by Gasteiger charge is -2.36. The summed E-state index contributed by atoms with van der Waals surface area (Å²) in [6, 6.07) is 0.506. The van der Waals surface area contributed by atoms with Crippen LogP contribution >= 0.6 is 11.8 Å². The first kappa shape index (κ1) is 9.36. The van der Waals surface area contributed by atoms with Crippen LogP contribution in [0.15, 0.2) is 0 Å². The molecule has 0 radical (unpaired) electrons. The van der Waals surface area contributed by atoms with Crippen LogP contribution in [-0.4, -0.2) is 36.8 Å². The monoisotopic (exact) mass is 175 g/mol. The van der Waals surface area contributed by atoms with Gasteiger partial charge in [-0.25, -0.2) is 0 Å². The summed E-state index contributed by atoms with van der Waals surface area (Å²) in [5.74, 6) is 0. The van der Waals surface area contributed by atoms with E-state index in [9.17, 15) is 0 Å². The summed E-state index contributed by atoms with van der Waals surface area (Å²) in [5.41, 5.74) is 0. The maximum absolute atomic E-state index is 5.39. The summed E-state index contributed by atoms with van der Waals surface area (Å²) in [6.07, 6.45) is 2.15. The molecule has 0 aliphatic carbocycles. The highest BCUT2D eigenvalue weighted by Gasteiger charge is 2.29. The van der Waals surface area contributed by atoms with Gasteiger partial charge in [0.1, 0.15) is 0 Å². The van der Waals surface area contributed by atoms with Crippen molar-refractivity contribution in [2.24, 2.45) is 0 Å². The van der Waals surface area contributed by atoms with E-state index in [1.165, 1.54) is 0 Å². The minimum absolute atomic E-state index is 0.292. The van der Waals surface area contributed by atoms with Crippen molar-refractivity contribution in [3.63, 3.8) is 0 Å². The van der Waals surface area contributed by atoms with Gasteiger partial charge in [-0.3, -0.25) is 0 Å². The average molecular weight is 175 g/mol. The standard InChI is InChI=1S/C8H17NOS/c1-8(2,11-3)7-6-10-5-4-9-7/h7,9H,4-6H2,1-3H3. The zero-order valence-electron chi connectivity index (χ0n) is 7.52. The Morgan fingerprint density at radius 3 is 2.73 bits per heavy atom. The van der Waals surface area contributed by atoms with Crippen LogP contribution in [0.2, 0.25) is 0 Å². The Morgan fingerprint density at radius 1 is 1.55 bits per heavy atom. The van der Waals surface area contributed by atoms with Crippen LogP contribution in [-0.2, 0) is 4.74 Å². The average Bonchev–Trinajstić information content (AvgIpc) is 2.06. The van der Waals surface area contributed by atoms with Crippen molar-refractivity contribution < 1.29 is 4.74 Å². The second-order valence-corrected chi connectivity index (χ2v) is 4.85. The SMILES string of the molecule is CSC(C)(C)C1COCCN1. The summed E-state index contributed by atoms with van der Waals surface area (Å²) >= 11 is 1.89. The lowest BCUT2D eigenvalue weighted by atomic mass is 10.0. The molecule has 0 aromatic rings. The molecule has 0 saturated carbocycles. The molecule has 0 spiro atoms. The highest BCUT2D eigenvalue weighted by Crippen LogP contribution is 2.26. The predicted octanol–water partition coefficient (Wildman–Crippen LogP) is 1.12. The fraction of sp³-hybridized carbons (Fsp3) is 1.00. The third-order valence-corrected chi connectivity index (χ3v) is 3.62. The smallest absolute Gasteiger partial charge is 0.0633 e. The second kappa shape index (κ2) is 3.78. The summed E-state index contributed by atoms with van der Waals surface area (Å²) in [7, 11) is 0. The van der Waals surface area contributed by atoms with Crippen LogP contribution in [0.25, 0.3) is 0 Å². The number of hydrogen-bond acceptors (Lipinski definition) is 3. The quantitative estimate of drug-likeness (QED) is 0.679. The van der Waals surface area contributed by atoms with Crippen molar-refractivity contribution in [2.45, 2.75) is 24.6 Å². The van der Waals surface area contributed by atoms with Crippen molar-refractivity contribution in [2.75, 3.05) is 26.0 Å². The molecule has 0 amide bonds. The van der Waals surface area contributed by atoms with Gasteiger partial charge in [0.2, 0.25) is 0 Å². The van der Waals surface area contributed by atoms with Gasteiger partial charge in [-0.1, -0.05) is 0 Å². The Hall–Kier alpha value is 0.270. The Bertz CT molecular complexity index is 121. The topological polar surface area (TPSA) is 21.3 Å². The van der Waals surface area contributed by atoms with Crippen molar-refractivity contribution in [3.8, 4) is 0 Å². The number of hydrogen-bond donors (Lipinski definition) is 1. The molecule has 66 valence electrons. The Morgan fingerprint density at radius 2 is 2.27 bits per heavy atom. The fourth-order valence-corrected chi connectivity index (χ4v) is 1.59. The van der Waals surface area contributed by atoms with Gasteiger partial charge in [0.05, 0.1) is 13.2 Å². The molecule has 0 bridgehead atoms. The zero-order chi connectivity index (χ0) is 8.32. The lowest BCUT2D eigenvalue weighted by molar-refractivity contribution is 0.0678. The summed E-state index contributed by atoms with van der Waals surface area (Å²) in [4.78, 5) is 0. The van der Waals surface area contributed by atoms with Gasteiger partial charge in [-0.2, -0.15) is 11.8 Å². The molecule has 1 unspecified atom stereocenters. The predicted molar refractivity (Wildman–Crippen MR) is 50.2 cm³/mol. The van der Waals surface area contributed by atoms with Gasteiger partial charge >= 0.3 is 0 Å².